The Morgan fingerprint density at radius 1 is 1.38 bits per heavy atom. The molecule has 0 saturated carbocycles. The lowest BCUT2D eigenvalue weighted by molar-refractivity contribution is 0.453. The summed E-state index contributed by atoms with van der Waals surface area (Å²) in [7, 11) is 0. The summed E-state index contributed by atoms with van der Waals surface area (Å²) in [5, 5.41) is 5.35. The van der Waals surface area contributed by atoms with Gasteiger partial charge in [-0.25, -0.2) is 0 Å². The molecule has 0 aliphatic rings. The number of thiazole rings is 1. The Balaban J connectivity index is 1.97. The van der Waals surface area contributed by atoms with Gasteiger partial charge in [0.2, 0.25) is 5.88 Å². The highest BCUT2D eigenvalue weighted by Crippen LogP contribution is 2.34. The number of aromatic nitrogens is 2. The predicted octanol–water partition coefficient (Wildman–Crippen LogP) is 4.82. The molecule has 3 rings (SSSR count). The third-order valence-corrected chi connectivity index (χ3v) is 4.84. The summed E-state index contributed by atoms with van der Waals surface area (Å²) < 4.78 is 9.96. The van der Waals surface area contributed by atoms with Crippen molar-refractivity contribution in [2.75, 3.05) is 6.54 Å². The molecule has 0 saturated heterocycles. The average molecular weight is 431 g/mol. The van der Waals surface area contributed by atoms with E-state index in [4.69, 9.17) is 4.74 Å². The van der Waals surface area contributed by atoms with Crippen LogP contribution in [0.3, 0.4) is 0 Å². The number of nitrogens with one attached hydrogen (secondary N) is 1. The molecule has 110 valence electrons. The molecule has 0 aliphatic heterocycles. The zero-order chi connectivity index (χ0) is 14.8. The Kier molecular flexibility index (Phi) is 4.63. The molecule has 0 aliphatic carbocycles. The molecule has 0 bridgehead atoms. The van der Waals surface area contributed by atoms with Gasteiger partial charge in [0.25, 0.3) is 0 Å². The summed E-state index contributed by atoms with van der Waals surface area (Å²) in [6.07, 6.45) is 2.02. The maximum absolute atomic E-state index is 6.00. The van der Waals surface area contributed by atoms with Crippen LogP contribution in [0.15, 0.2) is 38.7 Å². The maximum Gasteiger partial charge on any atom is 0.243 e. The normalized spacial score (nSPS) is 11.2. The quantitative estimate of drug-likeness (QED) is 0.630. The van der Waals surface area contributed by atoms with Crippen molar-refractivity contribution >= 4 is 48.2 Å². The molecule has 2 aromatic heterocycles. The number of halogens is 2. The molecule has 2 heterocycles. The third kappa shape index (κ3) is 3.15. The first kappa shape index (κ1) is 15.0. The Hall–Kier alpha value is -0.890. The van der Waals surface area contributed by atoms with E-state index in [-0.39, 0.29) is 0 Å². The molecule has 1 N–H and O–H groups in total. The summed E-state index contributed by atoms with van der Waals surface area (Å²) in [6.45, 7) is 3.70. The van der Waals surface area contributed by atoms with Gasteiger partial charge in [-0.1, -0.05) is 22.9 Å². The van der Waals surface area contributed by atoms with Crippen LogP contribution in [-0.2, 0) is 6.54 Å². The SMILES string of the molecule is CCNCc1c(Oc2ccc(Br)cc2Br)nc2sccn12. The molecular formula is C14H13Br2N3OS. The minimum atomic E-state index is 0.644. The molecule has 0 fully saturated rings. The molecule has 1 aromatic carbocycles. The van der Waals surface area contributed by atoms with Crippen molar-refractivity contribution in [2.24, 2.45) is 0 Å². The number of rotatable bonds is 5. The van der Waals surface area contributed by atoms with Gasteiger partial charge in [0.1, 0.15) is 11.4 Å². The van der Waals surface area contributed by atoms with E-state index in [1.807, 2.05) is 29.8 Å². The van der Waals surface area contributed by atoms with E-state index in [0.717, 1.165) is 38.4 Å². The van der Waals surface area contributed by atoms with Gasteiger partial charge in [-0.3, -0.25) is 4.40 Å². The van der Waals surface area contributed by atoms with Crippen molar-refractivity contribution in [3.05, 3.63) is 44.4 Å². The van der Waals surface area contributed by atoms with Crippen LogP contribution in [0.1, 0.15) is 12.6 Å². The fourth-order valence-corrected chi connectivity index (χ4v) is 3.81. The van der Waals surface area contributed by atoms with Gasteiger partial charge in [0.05, 0.1) is 4.47 Å². The Labute approximate surface area is 143 Å². The first-order valence-corrected chi connectivity index (χ1v) is 8.93. The zero-order valence-electron chi connectivity index (χ0n) is 11.3. The minimum absolute atomic E-state index is 0.644. The molecule has 7 heteroatoms. The van der Waals surface area contributed by atoms with Crippen LogP contribution in [0.25, 0.3) is 4.96 Å². The van der Waals surface area contributed by atoms with Crippen LogP contribution < -0.4 is 10.1 Å². The molecule has 4 nitrogen and oxygen atoms in total. The molecule has 0 atom stereocenters. The van der Waals surface area contributed by atoms with Gasteiger partial charge >= 0.3 is 0 Å². The lowest BCUT2D eigenvalue weighted by Crippen LogP contribution is -2.13. The van der Waals surface area contributed by atoms with Crippen molar-refractivity contribution in [1.29, 1.82) is 0 Å². The number of fused-ring (bicyclic) bond motifs is 1. The molecule has 3 aromatic rings. The largest absolute Gasteiger partial charge is 0.436 e. The van der Waals surface area contributed by atoms with E-state index in [0.29, 0.717) is 5.88 Å². The van der Waals surface area contributed by atoms with Crippen LogP contribution in [0.5, 0.6) is 11.6 Å². The van der Waals surface area contributed by atoms with Gasteiger partial charge in [-0.2, -0.15) is 4.98 Å². The summed E-state index contributed by atoms with van der Waals surface area (Å²) in [4.78, 5) is 5.51. The van der Waals surface area contributed by atoms with Crippen LogP contribution in [0.2, 0.25) is 0 Å². The summed E-state index contributed by atoms with van der Waals surface area (Å²) in [5.41, 5.74) is 1.03. The van der Waals surface area contributed by atoms with Crippen molar-refractivity contribution < 1.29 is 4.74 Å². The van der Waals surface area contributed by atoms with E-state index < -0.39 is 0 Å². The summed E-state index contributed by atoms with van der Waals surface area (Å²) >= 11 is 8.55. The maximum atomic E-state index is 6.00. The highest BCUT2D eigenvalue weighted by Gasteiger charge is 2.16. The Morgan fingerprint density at radius 2 is 2.24 bits per heavy atom. The number of hydrogen-bond acceptors (Lipinski definition) is 4. The van der Waals surface area contributed by atoms with E-state index in [1.165, 1.54) is 0 Å². The Bertz CT molecular complexity index is 769. The summed E-state index contributed by atoms with van der Waals surface area (Å²) in [5.74, 6) is 1.40. The molecule has 0 amide bonds. The van der Waals surface area contributed by atoms with Crippen LogP contribution in [0.4, 0.5) is 0 Å². The molecule has 0 radical (unpaired) electrons. The van der Waals surface area contributed by atoms with Gasteiger partial charge in [-0.05, 0) is 40.7 Å². The minimum Gasteiger partial charge on any atom is -0.436 e. The van der Waals surface area contributed by atoms with E-state index in [1.54, 1.807) is 11.3 Å². The van der Waals surface area contributed by atoms with Gasteiger partial charge < -0.3 is 10.1 Å². The summed E-state index contributed by atoms with van der Waals surface area (Å²) in [6, 6.07) is 5.82. The smallest absolute Gasteiger partial charge is 0.243 e. The number of imidazole rings is 1. The van der Waals surface area contributed by atoms with E-state index in [9.17, 15) is 0 Å². The van der Waals surface area contributed by atoms with Crippen LogP contribution >= 0.6 is 43.2 Å². The first-order valence-electron chi connectivity index (χ1n) is 6.47. The average Bonchev–Trinajstić information content (AvgIpc) is 3.01. The zero-order valence-corrected chi connectivity index (χ0v) is 15.3. The van der Waals surface area contributed by atoms with Crippen molar-refractivity contribution in [1.82, 2.24) is 14.7 Å². The lowest BCUT2D eigenvalue weighted by atomic mass is 10.3. The van der Waals surface area contributed by atoms with Crippen molar-refractivity contribution in [2.45, 2.75) is 13.5 Å². The third-order valence-electron chi connectivity index (χ3n) is 2.97. The van der Waals surface area contributed by atoms with Crippen molar-refractivity contribution in [3.8, 4) is 11.6 Å². The Morgan fingerprint density at radius 3 is 3.00 bits per heavy atom. The monoisotopic (exact) mass is 429 g/mol. The fraction of sp³-hybridized carbons (Fsp3) is 0.214. The van der Waals surface area contributed by atoms with Gasteiger partial charge in [-0.15, -0.1) is 11.3 Å². The molecule has 0 spiro atoms. The second kappa shape index (κ2) is 6.48. The van der Waals surface area contributed by atoms with Crippen LogP contribution in [-0.4, -0.2) is 15.9 Å². The van der Waals surface area contributed by atoms with E-state index in [2.05, 4.69) is 53.5 Å². The topological polar surface area (TPSA) is 38.6 Å². The number of hydrogen-bond donors (Lipinski definition) is 1. The highest BCUT2D eigenvalue weighted by atomic mass is 79.9. The van der Waals surface area contributed by atoms with Gasteiger partial charge in [0, 0.05) is 22.6 Å². The first-order chi connectivity index (χ1) is 10.2. The number of nitrogens with zero attached hydrogens (tertiary/aromatic N) is 2. The second-order valence-electron chi connectivity index (χ2n) is 4.38. The fourth-order valence-electron chi connectivity index (χ4n) is 1.96. The molecule has 0 unspecified atom stereocenters. The molecule has 21 heavy (non-hydrogen) atoms. The second-order valence-corrected chi connectivity index (χ2v) is 7.02. The lowest BCUT2D eigenvalue weighted by Gasteiger charge is -2.08. The predicted molar refractivity (Wildman–Crippen MR) is 92.4 cm³/mol. The standard InChI is InChI=1S/C14H13Br2N3OS/c1-2-17-8-11-13(18-14-19(11)5-6-21-14)20-12-4-3-9(15)7-10(12)16/h3-7,17H,2,8H2,1H3. The van der Waals surface area contributed by atoms with Crippen molar-refractivity contribution in [3.63, 3.8) is 0 Å². The van der Waals surface area contributed by atoms with Crippen LogP contribution in [0, 0.1) is 0 Å². The van der Waals surface area contributed by atoms with Gasteiger partial charge in [0.15, 0.2) is 4.96 Å². The highest BCUT2D eigenvalue weighted by molar-refractivity contribution is 9.11. The van der Waals surface area contributed by atoms with E-state index >= 15 is 0 Å². The number of benzene rings is 1. The molecular weight excluding hydrogens is 418 g/mol. The number of ether oxygens (including phenoxy) is 1.